The second-order valence-electron chi connectivity index (χ2n) is 5.71. The number of thiazole rings is 1. The van der Waals surface area contributed by atoms with Crippen LogP contribution in [0.5, 0.6) is 11.5 Å². The van der Waals surface area contributed by atoms with Gasteiger partial charge in [-0.15, -0.1) is 36.2 Å². The van der Waals surface area contributed by atoms with Crippen molar-refractivity contribution in [3.63, 3.8) is 0 Å². The van der Waals surface area contributed by atoms with Gasteiger partial charge in [-0.1, -0.05) is 0 Å². The highest BCUT2D eigenvalue weighted by molar-refractivity contribution is 7.07. The average molecular weight is 451 g/mol. The molecule has 1 aromatic carbocycles. The van der Waals surface area contributed by atoms with Crippen molar-refractivity contribution >= 4 is 47.7 Å². The number of hydrogen-bond donors (Lipinski definition) is 2. The lowest BCUT2D eigenvalue weighted by atomic mass is 10.1. The fraction of sp³-hybridized carbons (Fsp3) is 0.375. The molecule has 1 saturated heterocycles. The molecule has 1 amide bonds. The van der Waals surface area contributed by atoms with Crippen LogP contribution in [0.2, 0.25) is 0 Å². The number of hydrogen-bond acceptors (Lipinski definition) is 8. The third-order valence-corrected chi connectivity index (χ3v) is 4.61. The molecular formula is C16H20Cl2N4O5S. The first-order valence-corrected chi connectivity index (χ1v) is 8.90. The van der Waals surface area contributed by atoms with Gasteiger partial charge in [-0.25, -0.2) is 4.98 Å². The summed E-state index contributed by atoms with van der Waals surface area (Å²) in [6.07, 6.45) is 0.783. The number of nitrogens with zero attached hydrogens (tertiary/aromatic N) is 2. The lowest BCUT2D eigenvalue weighted by molar-refractivity contribution is -0.385. The van der Waals surface area contributed by atoms with Crippen LogP contribution in [-0.2, 0) is 6.61 Å². The smallest absolute Gasteiger partial charge is 0.286 e. The van der Waals surface area contributed by atoms with Crippen LogP contribution >= 0.6 is 36.2 Å². The van der Waals surface area contributed by atoms with Gasteiger partial charge in [0.15, 0.2) is 11.5 Å². The third-order valence-electron chi connectivity index (χ3n) is 3.98. The number of carbonyl (C=O) groups is 1. The Morgan fingerprint density at radius 1 is 1.43 bits per heavy atom. The zero-order chi connectivity index (χ0) is 18.5. The SMILES string of the molecule is COc1cc(C(=O)NC2CCNC2)c([N+](=O)[O-])cc1OCc1cscn1.Cl.Cl. The van der Waals surface area contributed by atoms with Crippen molar-refractivity contribution in [3.05, 3.63) is 44.4 Å². The van der Waals surface area contributed by atoms with Crippen molar-refractivity contribution in [1.29, 1.82) is 0 Å². The molecule has 0 saturated carbocycles. The van der Waals surface area contributed by atoms with E-state index >= 15 is 0 Å². The molecule has 1 aliphatic heterocycles. The minimum absolute atomic E-state index is 0. The van der Waals surface area contributed by atoms with E-state index < -0.39 is 10.8 Å². The average Bonchev–Trinajstić information content (AvgIpc) is 3.32. The maximum Gasteiger partial charge on any atom is 0.286 e. The van der Waals surface area contributed by atoms with Crippen molar-refractivity contribution < 1.29 is 19.2 Å². The Balaban J connectivity index is 0.00000196. The number of aromatic nitrogens is 1. The van der Waals surface area contributed by atoms with Gasteiger partial charge in [0.25, 0.3) is 11.6 Å². The number of halogens is 2. The number of nitrogens with one attached hydrogen (secondary N) is 2. The van der Waals surface area contributed by atoms with Gasteiger partial charge >= 0.3 is 0 Å². The predicted molar refractivity (Wildman–Crippen MR) is 109 cm³/mol. The summed E-state index contributed by atoms with van der Waals surface area (Å²) in [5, 5.41) is 19.2. The van der Waals surface area contributed by atoms with Gasteiger partial charge in [-0.3, -0.25) is 14.9 Å². The Bertz CT molecular complexity index is 801. The summed E-state index contributed by atoms with van der Waals surface area (Å²) in [6.45, 7) is 1.60. The number of nitro benzene ring substituents is 1. The van der Waals surface area contributed by atoms with Crippen molar-refractivity contribution in [2.45, 2.75) is 19.1 Å². The zero-order valence-corrected chi connectivity index (χ0v) is 17.3. The van der Waals surface area contributed by atoms with E-state index in [0.717, 1.165) is 13.0 Å². The highest BCUT2D eigenvalue weighted by Gasteiger charge is 2.27. The van der Waals surface area contributed by atoms with Crippen LogP contribution in [0, 0.1) is 10.1 Å². The molecule has 0 radical (unpaired) electrons. The monoisotopic (exact) mass is 450 g/mol. The molecule has 0 aliphatic carbocycles. The molecule has 1 fully saturated rings. The molecule has 2 N–H and O–H groups in total. The van der Waals surface area contributed by atoms with Crippen LogP contribution in [0.3, 0.4) is 0 Å². The summed E-state index contributed by atoms with van der Waals surface area (Å²) in [6, 6.07) is 2.51. The number of rotatable bonds is 7. The summed E-state index contributed by atoms with van der Waals surface area (Å²) in [4.78, 5) is 27.5. The van der Waals surface area contributed by atoms with E-state index in [-0.39, 0.29) is 60.2 Å². The van der Waals surface area contributed by atoms with Crippen LogP contribution < -0.4 is 20.1 Å². The topological polar surface area (TPSA) is 116 Å². The summed E-state index contributed by atoms with van der Waals surface area (Å²) in [7, 11) is 1.42. The maximum absolute atomic E-state index is 12.5. The van der Waals surface area contributed by atoms with Gasteiger partial charge in [-0.05, 0) is 13.0 Å². The van der Waals surface area contributed by atoms with E-state index in [1.54, 1.807) is 5.51 Å². The van der Waals surface area contributed by atoms with E-state index in [2.05, 4.69) is 15.6 Å². The van der Waals surface area contributed by atoms with Gasteiger partial charge in [0.05, 0.1) is 29.3 Å². The molecule has 1 aromatic heterocycles. The molecule has 2 heterocycles. The molecule has 0 spiro atoms. The molecule has 1 unspecified atom stereocenters. The molecule has 12 heteroatoms. The second kappa shape index (κ2) is 11.0. The minimum Gasteiger partial charge on any atom is -0.493 e. The maximum atomic E-state index is 12.5. The summed E-state index contributed by atoms with van der Waals surface area (Å²) < 4.78 is 10.9. The highest BCUT2D eigenvalue weighted by Crippen LogP contribution is 2.35. The fourth-order valence-corrected chi connectivity index (χ4v) is 3.20. The molecule has 1 atom stereocenters. The van der Waals surface area contributed by atoms with Crippen LogP contribution in [0.15, 0.2) is 23.0 Å². The predicted octanol–water partition coefficient (Wildman–Crippen LogP) is 2.57. The van der Waals surface area contributed by atoms with Crippen LogP contribution in [0.4, 0.5) is 5.69 Å². The van der Waals surface area contributed by atoms with Gasteiger partial charge in [0.1, 0.15) is 12.2 Å². The Labute approximate surface area is 177 Å². The minimum atomic E-state index is -0.600. The van der Waals surface area contributed by atoms with Gasteiger partial charge in [-0.2, -0.15) is 0 Å². The molecular weight excluding hydrogens is 431 g/mol. The number of ether oxygens (including phenoxy) is 2. The standard InChI is InChI=1S/C16H18N4O5S.2ClH/c1-24-14-4-12(16(21)19-10-2-3-17-6-10)13(20(22)23)5-15(14)25-7-11-8-26-9-18-11;;/h4-5,8-10,17H,2-3,6-7H2,1H3,(H,19,21);2*1H. The molecule has 9 nitrogen and oxygen atoms in total. The molecule has 3 rings (SSSR count). The largest absolute Gasteiger partial charge is 0.493 e. The molecule has 154 valence electrons. The van der Waals surface area contributed by atoms with E-state index in [1.807, 2.05) is 5.38 Å². The van der Waals surface area contributed by atoms with Crippen molar-refractivity contribution in [1.82, 2.24) is 15.6 Å². The van der Waals surface area contributed by atoms with Crippen molar-refractivity contribution in [2.75, 3.05) is 20.2 Å². The van der Waals surface area contributed by atoms with Crippen molar-refractivity contribution in [2.24, 2.45) is 0 Å². The van der Waals surface area contributed by atoms with Gasteiger partial charge < -0.3 is 20.1 Å². The number of nitro groups is 1. The summed E-state index contributed by atoms with van der Waals surface area (Å²) in [5.74, 6) is -0.0680. The Morgan fingerprint density at radius 2 is 2.21 bits per heavy atom. The first-order chi connectivity index (χ1) is 12.6. The number of amides is 1. The quantitative estimate of drug-likeness (QED) is 0.491. The number of carbonyl (C=O) groups excluding carboxylic acids is 1. The van der Waals surface area contributed by atoms with Crippen molar-refractivity contribution in [3.8, 4) is 11.5 Å². The lowest BCUT2D eigenvalue weighted by Gasteiger charge is -2.14. The highest BCUT2D eigenvalue weighted by atomic mass is 35.5. The van der Waals surface area contributed by atoms with E-state index in [0.29, 0.717) is 12.2 Å². The first kappa shape index (κ1) is 23.9. The van der Waals surface area contributed by atoms with Crippen LogP contribution in [0.25, 0.3) is 0 Å². The normalized spacial score (nSPS) is 15.1. The van der Waals surface area contributed by atoms with E-state index in [9.17, 15) is 14.9 Å². The lowest BCUT2D eigenvalue weighted by Crippen LogP contribution is -2.36. The zero-order valence-electron chi connectivity index (χ0n) is 14.9. The van der Waals surface area contributed by atoms with Gasteiger partial charge in [0, 0.05) is 24.0 Å². The first-order valence-electron chi connectivity index (χ1n) is 7.96. The summed E-state index contributed by atoms with van der Waals surface area (Å²) >= 11 is 1.43. The number of methoxy groups -OCH3 is 1. The van der Waals surface area contributed by atoms with E-state index in [4.69, 9.17) is 9.47 Å². The van der Waals surface area contributed by atoms with Crippen LogP contribution in [-0.4, -0.2) is 42.1 Å². The fourth-order valence-electron chi connectivity index (χ4n) is 2.66. The Morgan fingerprint density at radius 3 is 2.79 bits per heavy atom. The summed E-state index contributed by atoms with van der Waals surface area (Å²) in [5.41, 5.74) is 1.99. The second-order valence-corrected chi connectivity index (χ2v) is 6.43. The Hall–Kier alpha value is -2.14. The Kier molecular flexibility index (Phi) is 9.39. The van der Waals surface area contributed by atoms with Gasteiger partial charge in [0.2, 0.25) is 0 Å². The number of benzene rings is 1. The molecule has 0 bridgehead atoms. The molecule has 28 heavy (non-hydrogen) atoms. The van der Waals surface area contributed by atoms with E-state index in [1.165, 1.54) is 30.6 Å². The molecule has 2 aromatic rings. The molecule has 1 aliphatic rings. The van der Waals surface area contributed by atoms with Crippen LogP contribution in [0.1, 0.15) is 22.5 Å². The third kappa shape index (κ3) is 5.68.